The van der Waals surface area contributed by atoms with Gasteiger partial charge in [0.15, 0.2) is 5.16 Å². The summed E-state index contributed by atoms with van der Waals surface area (Å²) in [6.45, 7) is 5.49. The quantitative estimate of drug-likeness (QED) is 0.228. The van der Waals surface area contributed by atoms with Crippen molar-refractivity contribution in [3.63, 3.8) is 0 Å². The molecule has 0 radical (unpaired) electrons. The van der Waals surface area contributed by atoms with Crippen molar-refractivity contribution in [3.05, 3.63) is 125 Å². The zero-order chi connectivity index (χ0) is 25.6. The molecule has 186 valence electrons. The molecule has 0 aliphatic rings. The Balaban J connectivity index is 1.28. The third-order valence-electron chi connectivity index (χ3n) is 6.46. The molecule has 0 spiro atoms. The molecule has 1 N–H and O–H groups in total. The van der Waals surface area contributed by atoms with Gasteiger partial charge in [0.05, 0.1) is 23.8 Å². The number of fused-ring (bicyclic) bond motifs is 1. The van der Waals surface area contributed by atoms with Crippen LogP contribution in [0.2, 0.25) is 0 Å². The number of amides is 1. The highest BCUT2D eigenvalue weighted by Gasteiger charge is 2.14. The van der Waals surface area contributed by atoms with Crippen molar-refractivity contribution in [2.75, 3.05) is 6.54 Å². The van der Waals surface area contributed by atoms with Crippen molar-refractivity contribution in [2.45, 2.75) is 37.2 Å². The third kappa shape index (κ3) is 6.09. The monoisotopic (exact) mass is 506 g/mol. The zero-order valence-corrected chi connectivity index (χ0v) is 21.9. The minimum Gasteiger partial charge on any atom is -0.351 e. The van der Waals surface area contributed by atoms with E-state index in [2.05, 4.69) is 65.1 Å². The van der Waals surface area contributed by atoms with Gasteiger partial charge in [-0.05, 0) is 47.7 Å². The minimum atomic E-state index is -0.0546. The van der Waals surface area contributed by atoms with E-state index in [-0.39, 0.29) is 11.8 Å². The highest BCUT2D eigenvalue weighted by atomic mass is 32.2. The smallest absolute Gasteiger partial charge is 0.251 e. The summed E-state index contributed by atoms with van der Waals surface area (Å²) in [5.41, 5.74) is 7.46. The summed E-state index contributed by atoms with van der Waals surface area (Å²) in [5.74, 6) is 1.04. The van der Waals surface area contributed by atoms with Crippen LogP contribution in [0.5, 0.6) is 0 Å². The van der Waals surface area contributed by atoms with E-state index in [0.717, 1.165) is 27.5 Å². The molecule has 37 heavy (non-hydrogen) atoms. The predicted octanol–water partition coefficient (Wildman–Crippen LogP) is 6.61. The Hall–Kier alpha value is -3.90. The van der Waals surface area contributed by atoms with Gasteiger partial charge < -0.3 is 9.88 Å². The zero-order valence-electron chi connectivity index (χ0n) is 21.1. The summed E-state index contributed by atoms with van der Waals surface area (Å²) in [4.78, 5) is 22.0. The first-order chi connectivity index (χ1) is 18.1. The van der Waals surface area contributed by atoms with Crippen LogP contribution in [0, 0.1) is 6.92 Å². The van der Waals surface area contributed by atoms with Gasteiger partial charge in [-0.15, -0.1) is 0 Å². The summed E-state index contributed by atoms with van der Waals surface area (Å²) in [5, 5.41) is 4.03. The molecule has 6 heteroatoms. The maximum absolute atomic E-state index is 12.7. The van der Waals surface area contributed by atoms with E-state index >= 15 is 0 Å². The lowest BCUT2D eigenvalue weighted by atomic mass is 10.0. The number of aryl methyl sites for hydroxylation is 1. The van der Waals surface area contributed by atoms with Gasteiger partial charge in [0.1, 0.15) is 0 Å². The first-order valence-electron chi connectivity index (χ1n) is 12.5. The Morgan fingerprint density at radius 1 is 0.973 bits per heavy atom. The number of nitrogens with one attached hydrogen (secondary N) is 1. The second-order valence-electron chi connectivity index (χ2n) is 9.34. The lowest BCUT2D eigenvalue weighted by Crippen LogP contribution is -2.27. The average molecular weight is 507 g/mol. The number of nitrogens with zero attached hydrogens (tertiary/aromatic N) is 3. The van der Waals surface area contributed by atoms with Gasteiger partial charge in [0, 0.05) is 24.1 Å². The fourth-order valence-corrected chi connectivity index (χ4v) is 5.31. The van der Waals surface area contributed by atoms with E-state index in [9.17, 15) is 4.79 Å². The molecule has 0 saturated heterocycles. The molecular formula is C31H30N4OS. The first kappa shape index (κ1) is 24.8. The number of carbonyl (C=O) groups excluding carboxylic acids is 1. The van der Waals surface area contributed by atoms with Crippen molar-refractivity contribution < 1.29 is 4.79 Å². The predicted molar refractivity (Wildman–Crippen MR) is 151 cm³/mol. The number of rotatable bonds is 9. The Bertz CT molecular complexity index is 1500. The number of benzene rings is 3. The summed E-state index contributed by atoms with van der Waals surface area (Å²) in [7, 11) is 0. The highest BCUT2D eigenvalue weighted by molar-refractivity contribution is 7.98. The Morgan fingerprint density at radius 3 is 2.57 bits per heavy atom. The van der Waals surface area contributed by atoms with Crippen LogP contribution in [0.15, 0.2) is 102 Å². The van der Waals surface area contributed by atoms with Gasteiger partial charge in [-0.3, -0.25) is 9.78 Å². The molecule has 1 atom stereocenters. The van der Waals surface area contributed by atoms with Gasteiger partial charge in [-0.25, -0.2) is 4.98 Å². The molecule has 1 unspecified atom stereocenters. The van der Waals surface area contributed by atoms with Crippen LogP contribution in [-0.4, -0.2) is 27.0 Å². The van der Waals surface area contributed by atoms with Crippen molar-refractivity contribution in [3.8, 4) is 0 Å². The van der Waals surface area contributed by atoms with Crippen LogP contribution >= 0.6 is 11.8 Å². The van der Waals surface area contributed by atoms with Crippen molar-refractivity contribution in [2.24, 2.45) is 0 Å². The fourth-order valence-electron chi connectivity index (χ4n) is 4.35. The minimum absolute atomic E-state index is 0.0546. The van der Waals surface area contributed by atoms with Crippen LogP contribution in [0.1, 0.15) is 45.5 Å². The second-order valence-corrected chi connectivity index (χ2v) is 10.3. The largest absolute Gasteiger partial charge is 0.351 e. The number of hydrogen-bond donors (Lipinski definition) is 1. The van der Waals surface area contributed by atoms with E-state index in [1.807, 2.05) is 54.7 Å². The van der Waals surface area contributed by atoms with Gasteiger partial charge in [0.25, 0.3) is 5.91 Å². The molecule has 2 aromatic heterocycles. The fraction of sp³-hybridized carbons (Fsp3) is 0.194. The molecule has 5 rings (SSSR count). The van der Waals surface area contributed by atoms with Crippen molar-refractivity contribution in [1.29, 1.82) is 0 Å². The van der Waals surface area contributed by atoms with Crippen molar-refractivity contribution >= 4 is 28.7 Å². The Kier molecular flexibility index (Phi) is 7.66. The number of pyridine rings is 1. The lowest BCUT2D eigenvalue weighted by Gasteiger charge is -2.13. The van der Waals surface area contributed by atoms with Crippen LogP contribution < -0.4 is 5.32 Å². The molecule has 0 aliphatic carbocycles. The first-order valence-corrected chi connectivity index (χ1v) is 13.5. The molecule has 0 aliphatic heterocycles. The standard InChI is InChI=1S/C31H30N4OS/c1-22-7-6-8-25(17-22)21-37-31-34-28-15-16-32-19-29(28)35(31)20-24-11-13-27(14-12-24)30(36)33-18-23(2)26-9-4-3-5-10-26/h3-17,19,23H,18,20-21H2,1-2H3,(H,33,36). The molecule has 5 aromatic rings. The van der Waals surface area contributed by atoms with E-state index in [1.54, 1.807) is 18.0 Å². The molecule has 3 aromatic carbocycles. The van der Waals surface area contributed by atoms with Gasteiger partial charge in [0.2, 0.25) is 0 Å². The van der Waals surface area contributed by atoms with Crippen LogP contribution in [0.3, 0.4) is 0 Å². The van der Waals surface area contributed by atoms with Gasteiger partial charge >= 0.3 is 0 Å². The lowest BCUT2D eigenvalue weighted by molar-refractivity contribution is 0.0951. The van der Waals surface area contributed by atoms with E-state index in [4.69, 9.17) is 4.98 Å². The van der Waals surface area contributed by atoms with E-state index in [1.165, 1.54) is 16.7 Å². The maximum Gasteiger partial charge on any atom is 0.251 e. The highest BCUT2D eigenvalue weighted by Crippen LogP contribution is 2.27. The summed E-state index contributed by atoms with van der Waals surface area (Å²) in [6, 6.07) is 28.6. The van der Waals surface area contributed by atoms with E-state index < -0.39 is 0 Å². The average Bonchev–Trinajstić information content (AvgIpc) is 3.28. The van der Waals surface area contributed by atoms with Crippen LogP contribution in [0.4, 0.5) is 0 Å². The molecule has 0 bridgehead atoms. The SMILES string of the molecule is Cc1cccc(CSc2nc3ccncc3n2Cc2ccc(C(=O)NCC(C)c3ccccc3)cc2)c1. The molecule has 1 amide bonds. The van der Waals surface area contributed by atoms with E-state index in [0.29, 0.717) is 18.7 Å². The topological polar surface area (TPSA) is 59.8 Å². The normalized spacial score (nSPS) is 11.9. The molecule has 0 saturated carbocycles. The molecule has 5 nitrogen and oxygen atoms in total. The Morgan fingerprint density at radius 2 is 1.78 bits per heavy atom. The molecule has 0 fully saturated rings. The molecule has 2 heterocycles. The van der Waals surface area contributed by atoms with Crippen molar-refractivity contribution in [1.82, 2.24) is 19.9 Å². The number of thioether (sulfide) groups is 1. The van der Waals surface area contributed by atoms with Gasteiger partial charge in [-0.2, -0.15) is 0 Å². The molecular weight excluding hydrogens is 476 g/mol. The van der Waals surface area contributed by atoms with Crippen LogP contribution in [0.25, 0.3) is 11.0 Å². The third-order valence-corrected chi connectivity index (χ3v) is 7.51. The summed E-state index contributed by atoms with van der Waals surface area (Å²) >= 11 is 1.73. The second kappa shape index (κ2) is 11.4. The van der Waals surface area contributed by atoms with Crippen LogP contribution in [-0.2, 0) is 12.3 Å². The van der Waals surface area contributed by atoms with Gasteiger partial charge in [-0.1, -0.05) is 91.0 Å². The number of imidazole rings is 1. The number of aromatic nitrogens is 3. The maximum atomic E-state index is 12.7. The summed E-state index contributed by atoms with van der Waals surface area (Å²) < 4.78 is 2.21. The summed E-state index contributed by atoms with van der Waals surface area (Å²) in [6.07, 6.45) is 3.65. The number of hydrogen-bond acceptors (Lipinski definition) is 4. The Labute approximate surface area is 222 Å². The number of carbonyl (C=O) groups is 1.